The van der Waals surface area contributed by atoms with Crippen molar-refractivity contribution in [2.75, 3.05) is 0 Å². The third-order valence-corrected chi connectivity index (χ3v) is 8.63. The first-order chi connectivity index (χ1) is 14.4. The number of hydrogen-bond donors (Lipinski definition) is 0. The molecule has 2 fully saturated rings. The second-order valence-corrected chi connectivity index (χ2v) is 10.9. The van der Waals surface area contributed by atoms with Gasteiger partial charge in [-0.3, -0.25) is 4.79 Å². The van der Waals surface area contributed by atoms with E-state index in [4.69, 9.17) is 4.74 Å². The van der Waals surface area contributed by atoms with Gasteiger partial charge < -0.3 is 4.74 Å². The molecule has 0 aromatic heterocycles. The van der Waals surface area contributed by atoms with Gasteiger partial charge in [-0.1, -0.05) is 91.2 Å². The zero-order chi connectivity index (χ0) is 21.9. The lowest BCUT2D eigenvalue weighted by Crippen LogP contribution is -2.38. The Morgan fingerprint density at radius 3 is 1.97 bits per heavy atom. The van der Waals surface area contributed by atoms with Crippen LogP contribution in [0.2, 0.25) is 0 Å². The Labute approximate surface area is 187 Å². The van der Waals surface area contributed by atoms with E-state index in [2.05, 4.69) is 39.8 Å². The molecule has 0 spiro atoms. The molecule has 2 rings (SSSR count). The highest BCUT2D eigenvalue weighted by Crippen LogP contribution is 2.66. The Kier molecular flexibility index (Phi) is 11.0. The van der Waals surface area contributed by atoms with Crippen LogP contribution < -0.4 is 0 Å². The monoisotopic (exact) mass is 418 g/mol. The van der Waals surface area contributed by atoms with Gasteiger partial charge in [0.1, 0.15) is 6.10 Å². The van der Waals surface area contributed by atoms with Gasteiger partial charge in [0, 0.05) is 11.8 Å². The Hall–Kier alpha value is -0.790. The zero-order valence-corrected chi connectivity index (χ0v) is 20.6. The van der Waals surface area contributed by atoms with Crippen LogP contribution in [0.5, 0.6) is 0 Å². The molecule has 0 aromatic carbocycles. The standard InChI is InChI=1S/C28H50O2/c1-5-6-7-8-9-10-11-12-13-14-15-16-17-18-19-20-26(29)30-25-23-24-21-22-28(25,4)27(24,2)3/h12-13,24-25H,5-11,14-23H2,1-4H3. The van der Waals surface area contributed by atoms with Crippen LogP contribution in [-0.4, -0.2) is 12.1 Å². The van der Waals surface area contributed by atoms with Gasteiger partial charge in [0.15, 0.2) is 0 Å². The first-order valence-electron chi connectivity index (χ1n) is 13.3. The number of ether oxygens (including phenoxy) is 1. The average Bonchev–Trinajstić information content (AvgIpc) is 3.04. The predicted molar refractivity (Wildman–Crippen MR) is 129 cm³/mol. The molecule has 2 aliphatic carbocycles. The molecule has 174 valence electrons. The van der Waals surface area contributed by atoms with Gasteiger partial charge in [0.05, 0.1) is 0 Å². The summed E-state index contributed by atoms with van der Waals surface area (Å²) >= 11 is 0. The molecule has 2 saturated carbocycles. The molecule has 2 heteroatoms. The van der Waals surface area contributed by atoms with E-state index >= 15 is 0 Å². The molecular weight excluding hydrogens is 368 g/mol. The maximum atomic E-state index is 12.3. The van der Waals surface area contributed by atoms with Gasteiger partial charge in [0.25, 0.3) is 0 Å². The summed E-state index contributed by atoms with van der Waals surface area (Å²) in [4.78, 5) is 12.3. The van der Waals surface area contributed by atoms with Crippen LogP contribution in [-0.2, 0) is 9.53 Å². The number of hydrogen-bond acceptors (Lipinski definition) is 2. The Balaban J connectivity index is 1.41. The Bertz CT molecular complexity index is 521. The number of unbranched alkanes of at least 4 members (excludes halogenated alkanes) is 11. The fourth-order valence-electron chi connectivity index (χ4n) is 5.87. The topological polar surface area (TPSA) is 26.3 Å². The van der Waals surface area contributed by atoms with Gasteiger partial charge in [-0.2, -0.15) is 0 Å². The molecule has 0 aromatic rings. The van der Waals surface area contributed by atoms with Crippen molar-refractivity contribution < 1.29 is 9.53 Å². The lowest BCUT2D eigenvalue weighted by molar-refractivity contribution is -0.157. The molecule has 2 aliphatic rings. The van der Waals surface area contributed by atoms with Gasteiger partial charge in [-0.25, -0.2) is 0 Å². The first kappa shape index (κ1) is 25.5. The number of carbonyl (C=O) groups excluding carboxylic acids is 1. The Morgan fingerprint density at radius 2 is 1.43 bits per heavy atom. The van der Waals surface area contributed by atoms with E-state index in [1.165, 1.54) is 83.5 Å². The predicted octanol–water partition coefficient (Wildman–Crippen LogP) is 8.78. The van der Waals surface area contributed by atoms with E-state index < -0.39 is 0 Å². The van der Waals surface area contributed by atoms with Crippen molar-refractivity contribution in [1.82, 2.24) is 0 Å². The number of carbonyl (C=O) groups is 1. The molecule has 2 bridgehead atoms. The first-order valence-corrected chi connectivity index (χ1v) is 13.3. The molecule has 30 heavy (non-hydrogen) atoms. The van der Waals surface area contributed by atoms with Gasteiger partial charge in [-0.15, -0.1) is 0 Å². The fourth-order valence-corrected chi connectivity index (χ4v) is 5.87. The van der Waals surface area contributed by atoms with Crippen LogP contribution in [0.15, 0.2) is 12.2 Å². The molecule has 0 aliphatic heterocycles. The highest BCUT2D eigenvalue weighted by Gasteiger charge is 2.62. The molecule has 0 heterocycles. The van der Waals surface area contributed by atoms with Gasteiger partial charge in [-0.05, 0) is 62.7 Å². The largest absolute Gasteiger partial charge is 0.462 e. The molecule has 0 radical (unpaired) electrons. The van der Waals surface area contributed by atoms with Crippen molar-refractivity contribution in [2.45, 2.75) is 143 Å². The molecule has 0 amide bonds. The third kappa shape index (κ3) is 7.13. The van der Waals surface area contributed by atoms with Crippen LogP contribution in [0.4, 0.5) is 0 Å². The summed E-state index contributed by atoms with van der Waals surface area (Å²) in [6, 6.07) is 0. The minimum Gasteiger partial charge on any atom is -0.462 e. The zero-order valence-electron chi connectivity index (χ0n) is 20.6. The molecule has 2 nitrogen and oxygen atoms in total. The van der Waals surface area contributed by atoms with Crippen molar-refractivity contribution in [2.24, 2.45) is 16.7 Å². The summed E-state index contributed by atoms with van der Waals surface area (Å²) in [5.74, 6) is 0.780. The van der Waals surface area contributed by atoms with E-state index in [-0.39, 0.29) is 17.5 Å². The number of rotatable bonds is 16. The SMILES string of the molecule is CCCCCCCCC=CCCCCCCCC(=O)OC1CC2CCC1(C)C2(C)C. The summed E-state index contributed by atoms with van der Waals surface area (Å²) < 4.78 is 5.95. The molecular formula is C28H50O2. The minimum absolute atomic E-state index is 0.0437. The number of fused-ring (bicyclic) bond motifs is 2. The van der Waals surface area contributed by atoms with E-state index in [9.17, 15) is 4.79 Å². The Morgan fingerprint density at radius 1 is 0.867 bits per heavy atom. The van der Waals surface area contributed by atoms with Crippen molar-refractivity contribution >= 4 is 5.97 Å². The van der Waals surface area contributed by atoms with Crippen molar-refractivity contribution in [3.63, 3.8) is 0 Å². The lowest BCUT2D eigenvalue weighted by Gasteiger charge is -2.38. The smallest absolute Gasteiger partial charge is 0.306 e. The van der Waals surface area contributed by atoms with Crippen LogP contribution in [0.1, 0.15) is 137 Å². The van der Waals surface area contributed by atoms with E-state index in [1.807, 2.05) is 0 Å². The summed E-state index contributed by atoms with van der Waals surface area (Å²) in [7, 11) is 0. The maximum absolute atomic E-state index is 12.3. The highest BCUT2D eigenvalue weighted by molar-refractivity contribution is 5.69. The normalized spacial score (nSPS) is 27.2. The quantitative estimate of drug-likeness (QED) is 0.142. The van der Waals surface area contributed by atoms with Crippen molar-refractivity contribution in [3.8, 4) is 0 Å². The molecule has 3 unspecified atom stereocenters. The summed E-state index contributed by atoms with van der Waals surface area (Å²) in [5, 5.41) is 0. The fraction of sp³-hybridized carbons (Fsp3) is 0.893. The second kappa shape index (κ2) is 12.9. The molecule has 0 N–H and O–H groups in total. The van der Waals surface area contributed by atoms with E-state index in [1.54, 1.807) is 0 Å². The highest BCUT2D eigenvalue weighted by atomic mass is 16.5. The van der Waals surface area contributed by atoms with Gasteiger partial charge >= 0.3 is 5.97 Å². The summed E-state index contributed by atoms with van der Waals surface area (Å²) in [6.45, 7) is 9.38. The second-order valence-electron chi connectivity index (χ2n) is 10.9. The number of allylic oxidation sites excluding steroid dienone is 2. The van der Waals surface area contributed by atoms with Gasteiger partial charge in [0.2, 0.25) is 0 Å². The van der Waals surface area contributed by atoms with E-state index in [0.717, 1.165) is 25.2 Å². The summed E-state index contributed by atoms with van der Waals surface area (Å²) in [5.41, 5.74) is 0.511. The van der Waals surface area contributed by atoms with Crippen LogP contribution in [0.3, 0.4) is 0 Å². The van der Waals surface area contributed by atoms with Crippen LogP contribution >= 0.6 is 0 Å². The summed E-state index contributed by atoms with van der Waals surface area (Å²) in [6.07, 6.45) is 25.9. The number of esters is 1. The van der Waals surface area contributed by atoms with Crippen LogP contribution in [0.25, 0.3) is 0 Å². The van der Waals surface area contributed by atoms with Crippen molar-refractivity contribution in [3.05, 3.63) is 12.2 Å². The molecule has 3 atom stereocenters. The van der Waals surface area contributed by atoms with Crippen LogP contribution in [0, 0.1) is 16.7 Å². The average molecular weight is 419 g/mol. The van der Waals surface area contributed by atoms with E-state index in [0.29, 0.717) is 11.8 Å². The minimum atomic E-state index is 0.0437. The molecule has 0 saturated heterocycles. The maximum Gasteiger partial charge on any atom is 0.306 e. The third-order valence-electron chi connectivity index (χ3n) is 8.63. The lowest BCUT2D eigenvalue weighted by atomic mass is 9.70. The van der Waals surface area contributed by atoms with Crippen molar-refractivity contribution in [1.29, 1.82) is 0 Å².